The average Bonchev–Trinajstić information content (AvgIpc) is 2.73. The van der Waals surface area contributed by atoms with Gasteiger partial charge in [0.2, 0.25) is 0 Å². The Labute approximate surface area is 197 Å². The van der Waals surface area contributed by atoms with Crippen LogP contribution in [0.4, 0.5) is 0 Å². The van der Waals surface area contributed by atoms with Crippen molar-refractivity contribution in [1.29, 1.82) is 0 Å². The molecule has 2 unspecified atom stereocenters. The molecule has 0 saturated heterocycles. The number of nitrogens with zero attached hydrogens (tertiary/aromatic N) is 2. The number of aliphatic hydroxyl groups is 2. The zero-order valence-corrected chi connectivity index (χ0v) is 21.2. The molecule has 1 aromatic heterocycles. The number of fused-ring (bicyclic) bond motifs is 1. The van der Waals surface area contributed by atoms with E-state index >= 15 is 0 Å². The maximum absolute atomic E-state index is 11.2. The summed E-state index contributed by atoms with van der Waals surface area (Å²) in [7, 11) is 0. The van der Waals surface area contributed by atoms with Gasteiger partial charge < -0.3 is 10.2 Å². The molecule has 174 valence electrons. The number of halogens is 1. The number of aliphatic hydroxyl groups excluding tert-OH is 1. The third-order valence-electron chi connectivity index (χ3n) is 5.86. The molecule has 2 atom stereocenters. The van der Waals surface area contributed by atoms with E-state index in [1.54, 1.807) is 20.0 Å². The first kappa shape index (κ1) is 26.2. The van der Waals surface area contributed by atoms with E-state index in [-0.39, 0.29) is 5.92 Å². The summed E-state index contributed by atoms with van der Waals surface area (Å²) in [4.78, 5) is 9.16. The van der Waals surface area contributed by atoms with Crippen LogP contribution in [0.2, 0.25) is 5.02 Å². The summed E-state index contributed by atoms with van der Waals surface area (Å²) in [5, 5.41) is 22.8. The molecule has 0 fully saturated rings. The number of allylic oxidation sites excluding steroid dienone is 3. The van der Waals surface area contributed by atoms with Crippen molar-refractivity contribution in [2.45, 2.75) is 79.4 Å². The molecule has 0 spiro atoms. The lowest BCUT2D eigenvalue weighted by Gasteiger charge is -2.22. The molecule has 0 saturated carbocycles. The molecule has 5 heteroatoms. The van der Waals surface area contributed by atoms with Crippen molar-refractivity contribution >= 4 is 33.8 Å². The van der Waals surface area contributed by atoms with Crippen LogP contribution in [-0.4, -0.2) is 26.5 Å². The van der Waals surface area contributed by atoms with Crippen LogP contribution in [0, 0.1) is 12.8 Å². The zero-order chi connectivity index (χ0) is 24.1. The maximum atomic E-state index is 11.2. The first-order valence-corrected chi connectivity index (χ1v) is 11.8. The van der Waals surface area contributed by atoms with Crippen LogP contribution in [0.25, 0.3) is 16.5 Å². The summed E-state index contributed by atoms with van der Waals surface area (Å²) in [5.41, 5.74) is 3.78. The van der Waals surface area contributed by atoms with E-state index in [2.05, 4.69) is 36.8 Å². The summed E-state index contributed by atoms with van der Waals surface area (Å²) >= 11 is 6.68. The second-order valence-corrected chi connectivity index (χ2v) is 9.41. The van der Waals surface area contributed by atoms with E-state index in [0.29, 0.717) is 10.7 Å². The Morgan fingerprint density at radius 1 is 1.28 bits per heavy atom. The number of pyridine rings is 1. The first-order chi connectivity index (χ1) is 15.0. The Morgan fingerprint density at radius 3 is 2.56 bits per heavy atom. The minimum atomic E-state index is -0.985. The van der Waals surface area contributed by atoms with Gasteiger partial charge in [0.05, 0.1) is 27.9 Å². The number of aliphatic imine (C=N–C) groups is 1. The van der Waals surface area contributed by atoms with Crippen LogP contribution in [0.1, 0.15) is 83.7 Å². The first-order valence-electron chi connectivity index (χ1n) is 11.4. The van der Waals surface area contributed by atoms with Crippen molar-refractivity contribution in [2.75, 3.05) is 0 Å². The number of hydrogen-bond donors (Lipinski definition) is 2. The van der Waals surface area contributed by atoms with Crippen molar-refractivity contribution in [1.82, 2.24) is 4.98 Å². The van der Waals surface area contributed by atoms with Crippen LogP contribution in [0.5, 0.6) is 0 Å². The molecular weight excluding hydrogens is 420 g/mol. The minimum absolute atomic E-state index is 0.0835. The highest BCUT2D eigenvalue weighted by Crippen LogP contribution is 2.38. The van der Waals surface area contributed by atoms with Gasteiger partial charge in [-0.3, -0.25) is 9.98 Å². The van der Waals surface area contributed by atoms with Gasteiger partial charge in [-0.05, 0) is 69.7 Å². The third-order valence-corrected chi connectivity index (χ3v) is 6.33. The summed E-state index contributed by atoms with van der Waals surface area (Å²) in [6.07, 6.45) is 8.01. The molecule has 0 radical (unpaired) electrons. The van der Waals surface area contributed by atoms with Crippen LogP contribution in [-0.2, 0) is 0 Å². The zero-order valence-electron chi connectivity index (χ0n) is 20.4. The van der Waals surface area contributed by atoms with Gasteiger partial charge in [-0.1, -0.05) is 57.0 Å². The second kappa shape index (κ2) is 11.2. The predicted octanol–water partition coefficient (Wildman–Crippen LogP) is 7.21. The third kappa shape index (κ3) is 6.28. The SMILES string of the molecule is CC/C=C/C(=C\N=C(C)C(C)(C)O)c1ccc2nc(C)c(Cl)c(C(O)C(C)CCC)c2c1. The Hall–Kier alpha value is -2.01. The highest BCUT2D eigenvalue weighted by molar-refractivity contribution is 6.33. The molecule has 0 aliphatic rings. The van der Waals surface area contributed by atoms with Gasteiger partial charge in [-0.15, -0.1) is 0 Å². The van der Waals surface area contributed by atoms with Gasteiger partial charge in [0, 0.05) is 22.9 Å². The minimum Gasteiger partial charge on any atom is -0.388 e. The Morgan fingerprint density at radius 2 is 1.97 bits per heavy atom. The van der Waals surface area contributed by atoms with Crippen LogP contribution < -0.4 is 0 Å². The van der Waals surface area contributed by atoms with E-state index < -0.39 is 11.7 Å². The molecule has 0 aliphatic heterocycles. The lowest BCUT2D eigenvalue weighted by Crippen LogP contribution is -2.28. The number of aryl methyl sites for hydroxylation is 1. The lowest BCUT2D eigenvalue weighted by atomic mass is 9.90. The molecular formula is C27H37ClN2O2. The Balaban J connectivity index is 2.71. The molecule has 1 heterocycles. The van der Waals surface area contributed by atoms with Gasteiger partial charge in [-0.25, -0.2) is 0 Å². The predicted molar refractivity (Wildman–Crippen MR) is 137 cm³/mol. The molecule has 2 N–H and O–H groups in total. The lowest BCUT2D eigenvalue weighted by molar-refractivity contribution is 0.113. The maximum Gasteiger partial charge on any atom is 0.0967 e. The molecule has 2 aromatic rings. The van der Waals surface area contributed by atoms with Crippen molar-refractivity contribution < 1.29 is 10.2 Å². The van der Waals surface area contributed by atoms with E-state index in [0.717, 1.165) is 52.6 Å². The Bertz CT molecular complexity index is 1030. The summed E-state index contributed by atoms with van der Waals surface area (Å²) < 4.78 is 0. The molecule has 0 bridgehead atoms. The van der Waals surface area contributed by atoms with Crippen LogP contribution >= 0.6 is 11.6 Å². The molecule has 1 aromatic carbocycles. The average molecular weight is 457 g/mol. The topological polar surface area (TPSA) is 65.7 Å². The van der Waals surface area contributed by atoms with E-state index in [1.165, 1.54) is 0 Å². The molecule has 32 heavy (non-hydrogen) atoms. The standard InChI is InChI=1S/C27H37ClN2O2/c1-8-10-12-21(16-29-19(5)27(6,7)32)20-13-14-23-22(15-20)24(25(28)18(4)30-23)26(31)17(3)11-9-2/h10,12-17,26,31-32H,8-9,11H2,1-7H3/b12-10+,21-16+,29-19?. The molecule has 4 nitrogen and oxygen atoms in total. The van der Waals surface area contributed by atoms with Crippen molar-refractivity contribution in [3.05, 3.63) is 58.4 Å². The second-order valence-electron chi connectivity index (χ2n) is 9.04. The van der Waals surface area contributed by atoms with E-state index in [4.69, 9.17) is 11.6 Å². The summed E-state index contributed by atoms with van der Waals surface area (Å²) in [6.45, 7) is 13.4. The fraction of sp³-hybridized carbons (Fsp3) is 0.481. The highest BCUT2D eigenvalue weighted by Gasteiger charge is 2.23. The quantitative estimate of drug-likeness (QED) is 0.309. The van der Waals surface area contributed by atoms with Crippen LogP contribution in [0.3, 0.4) is 0 Å². The molecule has 0 aliphatic carbocycles. The number of rotatable bonds is 9. The summed E-state index contributed by atoms with van der Waals surface area (Å²) in [5.74, 6) is 0.0835. The van der Waals surface area contributed by atoms with Gasteiger partial charge in [0.1, 0.15) is 0 Å². The number of hydrogen-bond acceptors (Lipinski definition) is 4. The van der Waals surface area contributed by atoms with Crippen molar-refractivity contribution in [3.63, 3.8) is 0 Å². The number of benzene rings is 1. The fourth-order valence-electron chi connectivity index (χ4n) is 3.54. The largest absolute Gasteiger partial charge is 0.388 e. The fourth-order valence-corrected chi connectivity index (χ4v) is 3.80. The van der Waals surface area contributed by atoms with Gasteiger partial charge in [0.25, 0.3) is 0 Å². The van der Waals surface area contributed by atoms with E-state index in [9.17, 15) is 10.2 Å². The number of aromatic nitrogens is 1. The van der Waals surface area contributed by atoms with Gasteiger partial charge in [0.15, 0.2) is 0 Å². The normalized spacial score (nSPS) is 15.6. The van der Waals surface area contributed by atoms with Gasteiger partial charge in [-0.2, -0.15) is 0 Å². The smallest absolute Gasteiger partial charge is 0.0967 e. The van der Waals surface area contributed by atoms with Crippen molar-refractivity contribution in [3.8, 4) is 0 Å². The summed E-state index contributed by atoms with van der Waals surface area (Å²) in [6, 6.07) is 6.01. The van der Waals surface area contributed by atoms with E-state index in [1.807, 2.05) is 38.1 Å². The van der Waals surface area contributed by atoms with Crippen LogP contribution in [0.15, 0.2) is 41.5 Å². The van der Waals surface area contributed by atoms with Crippen molar-refractivity contribution in [2.24, 2.45) is 10.9 Å². The molecule has 2 rings (SSSR count). The monoisotopic (exact) mass is 456 g/mol. The highest BCUT2D eigenvalue weighted by atomic mass is 35.5. The molecule has 0 amide bonds. The Kier molecular flexibility index (Phi) is 9.20. The van der Waals surface area contributed by atoms with Gasteiger partial charge >= 0.3 is 0 Å².